The molecular formula is C15H19F3N2O3S2. The van der Waals surface area contributed by atoms with E-state index in [1.165, 1.54) is 0 Å². The highest BCUT2D eigenvalue weighted by Gasteiger charge is 2.39. The number of sulfone groups is 1. The van der Waals surface area contributed by atoms with Gasteiger partial charge in [-0.15, -0.1) is 11.8 Å². The van der Waals surface area contributed by atoms with Gasteiger partial charge in [-0.3, -0.25) is 4.79 Å². The Balaban J connectivity index is 1.92. The fraction of sp³-hybridized carbons (Fsp3) is 0.533. The van der Waals surface area contributed by atoms with E-state index in [4.69, 9.17) is 0 Å². The van der Waals surface area contributed by atoms with Gasteiger partial charge in [-0.05, 0) is 25.5 Å². The van der Waals surface area contributed by atoms with Crippen molar-refractivity contribution in [3.8, 4) is 0 Å². The van der Waals surface area contributed by atoms with Crippen LogP contribution in [0.1, 0.15) is 13.3 Å². The zero-order chi connectivity index (χ0) is 18.7. The highest BCUT2D eigenvalue weighted by atomic mass is 32.2. The third-order valence-corrected chi connectivity index (χ3v) is 6.70. The van der Waals surface area contributed by atoms with E-state index in [0.717, 1.165) is 0 Å². The number of amides is 1. The molecule has 1 aromatic carbocycles. The average Bonchev–Trinajstić information content (AvgIpc) is 2.76. The van der Waals surface area contributed by atoms with Crippen LogP contribution in [0.15, 0.2) is 29.2 Å². The number of hydrogen-bond donors (Lipinski definition) is 2. The third-order valence-electron chi connectivity index (χ3n) is 3.66. The normalized spacial score (nSPS) is 22.6. The lowest BCUT2D eigenvalue weighted by Gasteiger charge is -2.24. The van der Waals surface area contributed by atoms with Gasteiger partial charge in [0, 0.05) is 10.6 Å². The maximum Gasteiger partial charge on any atom is 0.398 e. The minimum Gasteiger partial charge on any atom is -0.375 e. The number of para-hydroxylation sites is 1. The molecule has 2 rings (SSSR count). The van der Waals surface area contributed by atoms with E-state index in [2.05, 4.69) is 10.6 Å². The van der Waals surface area contributed by atoms with E-state index < -0.39 is 33.2 Å². The number of nitrogens with one attached hydrogen (secondary N) is 2. The first kappa shape index (κ1) is 19.9. The second-order valence-electron chi connectivity index (χ2n) is 6.20. The second-order valence-corrected chi connectivity index (χ2v) is 9.41. The van der Waals surface area contributed by atoms with Crippen molar-refractivity contribution < 1.29 is 26.4 Å². The van der Waals surface area contributed by atoms with Crippen LogP contribution in [0.25, 0.3) is 0 Å². The first-order valence-corrected chi connectivity index (χ1v) is 10.3. The Morgan fingerprint density at radius 3 is 2.60 bits per heavy atom. The summed E-state index contributed by atoms with van der Waals surface area (Å²) in [5, 5.41) is 5.50. The lowest BCUT2D eigenvalue weighted by Crippen LogP contribution is -2.48. The van der Waals surface area contributed by atoms with Gasteiger partial charge in [0.2, 0.25) is 5.91 Å². The predicted octanol–water partition coefficient (Wildman–Crippen LogP) is 2.45. The Kier molecular flexibility index (Phi) is 5.93. The Morgan fingerprint density at radius 1 is 1.32 bits per heavy atom. The van der Waals surface area contributed by atoms with Crippen molar-refractivity contribution in [3.63, 3.8) is 0 Å². The van der Waals surface area contributed by atoms with E-state index in [0.29, 0.717) is 28.8 Å². The van der Waals surface area contributed by atoms with Crippen molar-refractivity contribution in [1.29, 1.82) is 0 Å². The Morgan fingerprint density at radius 2 is 2.00 bits per heavy atom. The number of alkyl halides is 3. The number of halogens is 3. The summed E-state index contributed by atoms with van der Waals surface area (Å²) in [4.78, 5) is 12.5. The predicted molar refractivity (Wildman–Crippen MR) is 91.5 cm³/mol. The molecule has 10 heteroatoms. The maximum atomic E-state index is 12.4. The molecule has 1 aliphatic heterocycles. The molecular weight excluding hydrogens is 377 g/mol. The van der Waals surface area contributed by atoms with Gasteiger partial charge in [0.15, 0.2) is 9.84 Å². The van der Waals surface area contributed by atoms with Crippen molar-refractivity contribution >= 4 is 33.2 Å². The number of benzene rings is 1. The topological polar surface area (TPSA) is 75.3 Å². The molecule has 25 heavy (non-hydrogen) atoms. The monoisotopic (exact) mass is 396 g/mol. The molecule has 0 spiro atoms. The van der Waals surface area contributed by atoms with Crippen LogP contribution in [0.2, 0.25) is 0 Å². The molecule has 0 aromatic heterocycles. The molecule has 1 atom stereocenters. The molecule has 1 heterocycles. The molecule has 2 N–H and O–H groups in total. The maximum absolute atomic E-state index is 12.4. The fourth-order valence-electron chi connectivity index (χ4n) is 2.56. The molecule has 1 aromatic rings. The minimum absolute atomic E-state index is 0.0358. The standard InChI is InChI=1S/C15H19F3N2O3S2/c1-14(6-7-25(22,23)10-14)20-13(21)8-19-11-4-2-3-5-12(11)24-9-15(16,17)18/h2-5,19H,6-10H2,1H3,(H,20,21)/t14-/m0/s1. The average molecular weight is 396 g/mol. The molecule has 0 bridgehead atoms. The second kappa shape index (κ2) is 7.45. The lowest BCUT2D eigenvalue weighted by molar-refractivity contribution is -0.120. The summed E-state index contributed by atoms with van der Waals surface area (Å²) in [7, 11) is -3.14. The molecule has 140 valence electrons. The summed E-state index contributed by atoms with van der Waals surface area (Å²) in [6.07, 6.45) is -3.93. The van der Waals surface area contributed by atoms with Crippen molar-refractivity contribution in [2.75, 3.05) is 29.1 Å². The largest absolute Gasteiger partial charge is 0.398 e. The van der Waals surface area contributed by atoms with E-state index in [1.54, 1.807) is 31.2 Å². The Bertz CT molecular complexity index is 738. The molecule has 1 amide bonds. The Hall–Kier alpha value is -1.42. The molecule has 0 aliphatic carbocycles. The summed E-state index contributed by atoms with van der Waals surface area (Å²) in [6.45, 7) is 1.52. The number of carbonyl (C=O) groups excluding carboxylic acids is 1. The summed E-state index contributed by atoms with van der Waals surface area (Å²) < 4.78 is 60.2. The van der Waals surface area contributed by atoms with Crippen LogP contribution in [0, 0.1) is 0 Å². The molecule has 0 unspecified atom stereocenters. The molecule has 1 saturated heterocycles. The molecule has 0 saturated carbocycles. The van der Waals surface area contributed by atoms with Gasteiger partial charge in [-0.25, -0.2) is 8.42 Å². The van der Waals surface area contributed by atoms with Gasteiger partial charge in [0.05, 0.1) is 29.3 Å². The summed E-state index contributed by atoms with van der Waals surface area (Å²) in [6, 6.07) is 6.41. The van der Waals surface area contributed by atoms with Crippen molar-refractivity contribution in [2.24, 2.45) is 0 Å². The van der Waals surface area contributed by atoms with Crippen molar-refractivity contribution in [3.05, 3.63) is 24.3 Å². The van der Waals surface area contributed by atoms with Gasteiger partial charge in [-0.2, -0.15) is 13.2 Å². The SMILES string of the molecule is C[C@]1(NC(=O)CNc2ccccc2SCC(F)(F)F)CCS(=O)(=O)C1. The van der Waals surface area contributed by atoms with E-state index in [-0.39, 0.29) is 18.1 Å². The van der Waals surface area contributed by atoms with Crippen molar-refractivity contribution in [1.82, 2.24) is 5.32 Å². The lowest BCUT2D eigenvalue weighted by atomic mass is 10.0. The van der Waals surface area contributed by atoms with Crippen LogP contribution >= 0.6 is 11.8 Å². The Labute approximate surface area is 148 Å². The third kappa shape index (κ3) is 6.43. The number of thioether (sulfide) groups is 1. The van der Waals surface area contributed by atoms with E-state index in [9.17, 15) is 26.4 Å². The molecule has 1 aliphatic rings. The fourth-order valence-corrected chi connectivity index (χ4v) is 5.45. The zero-order valence-corrected chi connectivity index (χ0v) is 15.2. The van der Waals surface area contributed by atoms with Crippen LogP contribution in [0.5, 0.6) is 0 Å². The van der Waals surface area contributed by atoms with E-state index in [1.807, 2.05) is 0 Å². The number of anilines is 1. The quantitative estimate of drug-likeness (QED) is 0.723. The smallest absolute Gasteiger partial charge is 0.375 e. The number of hydrogen-bond acceptors (Lipinski definition) is 5. The first-order valence-electron chi connectivity index (χ1n) is 7.52. The van der Waals surface area contributed by atoms with Crippen LogP contribution in [-0.4, -0.2) is 49.8 Å². The van der Waals surface area contributed by atoms with Gasteiger partial charge >= 0.3 is 6.18 Å². The zero-order valence-electron chi connectivity index (χ0n) is 13.5. The van der Waals surface area contributed by atoms with Crippen LogP contribution < -0.4 is 10.6 Å². The van der Waals surface area contributed by atoms with Crippen LogP contribution in [-0.2, 0) is 14.6 Å². The molecule has 0 radical (unpaired) electrons. The highest BCUT2D eigenvalue weighted by molar-refractivity contribution is 7.99. The van der Waals surface area contributed by atoms with E-state index >= 15 is 0 Å². The highest BCUT2D eigenvalue weighted by Crippen LogP contribution is 2.32. The molecule has 1 fully saturated rings. The van der Waals surface area contributed by atoms with Gasteiger partial charge in [-0.1, -0.05) is 12.1 Å². The number of carbonyl (C=O) groups is 1. The molecule has 5 nitrogen and oxygen atoms in total. The van der Waals surface area contributed by atoms with Crippen LogP contribution in [0.3, 0.4) is 0 Å². The minimum atomic E-state index is -4.28. The van der Waals surface area contributed by atoms with Gasteiger partial charge < -0.3 is 10.6 Å². The summed E-state index contributed by atoms with van der Waals surface area (Å²) in [5.74, 6) is -1.50. The summed E-state index contributed by atoms with van der Waals surface area (Å²) in [5.41, 5.74) is -0.376. The van der Waals surface area contributed by atoms with Crippen molar-refractivity contribution in [2.45, 2.75) is 30.0 Å². The first-order chi connectivity index (χ1) is 11.5. The van der Waals surface area contributed by atoms with Gasteiger partial charge in [0.1, 0.15) is 0 Å². The number of rotatable bonds is 6. The summed E-state index contributed by atoms with van der Waals surface area (Å²) >= 11 is 0.639. The van der Waals surface area contributed by atoms with Crippen LogP contribution in [0.4, 0.5) is 18.9 Å². The van der Waals surface area contributed by atoms with Gasteiger partial charge in [0.25, 0.3) is 0 Å².